The van der Waals surface area contributed by atoms with E-state index in [0.29, 0.717) is 11.8 Å². The fourth-order valence-electron chi connectivity index (χ4n) is 2.67. The Morgan fingerprint density at radius 1 is 1.71 bits per heavy atom. The van der Waals surface area contributed by atoms with Gasteiger partial charge in [0, 0.05) is 7.05 Å². The summed E-state index contributed by atoms with van der Waals surface area (Å²) in [6.45, 7) is 2.18. The maximum Gasteiger partial charge on any atom is 0.323 e. The molecule has 1 saturated heterocycles. The van der Waals surface area contributed by atoms with Crippen molar-refractivity contribution in [3.8, 4) is 0 Å². The minimum Gasteiger partial charge on any atom is -0.315 e. The van der Waals surface area contributed by atoms with E-state index in [1.807, 2.05) is 0 Å². The summed E-state index contributed by atoms with van der Waals surface area (Å²) in [6.07, 6.45) is 4.19. The van der Waals surface area contributed by atoms with Crippen LogP contribution in [0.4, 0.5) is 4.79 Å². The van der Waals surface area contributed by atoms with E-state index in [0.717, 1.165) is 25.7 Å². The van der Waals surface area contributed by atoms with Crippen LogP contribution in [0.3, 0.4) is 0 Å². The van der Waals surface area contributed by atoms with Crippen molar-refractivity contribution in [3.63, 3.8) is 0 Å². The molecule has 78 valence electrons. The summed E-state index contributed by atoms with van der Waals surface area (Å²) in [5, 5.41) is 10.5. The molecule has 0 aromatic rings. The molecule has 2 atom stereocenters. The smallest absolute Gasteiger partial charge is 0.315 e. The summed E-state index contributed by atoms with van der Waals surface area (Å²) in [6, 6.07) is -0.119. The van der Waals surface area contributed by atoms with Gasteiger partial charge in [-0.15, -0.1) is 0 Å². The molecule has 1 spiro atoms. The van der Waals surface area contributed by atoms with Gasteiger partial charge in [-0.2, -0.15) is 0 Å². The minimum atomic E-state index is -0.294. The Bertz CT molecular complexity index is 289. The van der Waals surface area contributed by atoms with Gasteiger partial charge in [-0.05, 0) is 25.2 Å². The lowest BCUT2D eigenvalue weighted by atomic mass is 9.93. The number of amidine groups is 1. The molecular formula is C10H17N3O. The van der Waals surface area contributed by atoms with E-state index in [2.05, 4.69) is 12.2 Å². The molecule has 2 unspecified atom stereocenters. The van der Waals surface area contributed by atoms with Gasteiger partial charge < -0.3 is 4.90 Å². The Hall–Kier alpha value is -1.06. The van der Waals surface area contributed by atoms with Crippen molar-refractivity contribution < 1.29 is 4.79 Å². The van der Waals surface area contributed by atoms with Gasteiger partial charge in [0.25, 0.3) is 0 Å². The van der Waals surface area contributed by atoms with Crippen molar-refractivity contribution in [2.24, 2.45) is 5.92 Å². The molecule has 14 heavy (non-hydrogen) atoms. The van der Waals surface area contributed by atoms with Gasteiger partial charge in [0.2, 0.25) is 0 Å². The van der Waals surface area contributed by atoms with E-state index in [1.165, 1.54) is 0 Å². The molecular weight excluding hydrogens is 178 g/mol. The molecule has 2 rings (SSSR count). The predicted octanol–water partition coefficient (Wildman–Crippen LogP) is 1.57. The fraction of sp³-hybridized carbons (Fsp3) is 0.800. The summed E-state index contributed by atoms with van der Waals surface area (Å²) >= 11 is 0. The van der Waals surface area contributed by atoms with E-state index in [-0.39, 0.29) is 11.6 Å². The lowest BCUT2D eigenvalue weighted by Crippen LogP contribution is -2.45. The highest BCUT2D eigenvalue weighted by Gasteiger charge is 2.52. The SMILES string of the molecule is CCC1CCC2(C1)C(=N)NC(=O)N2C. The molecule has 2 fully saturated rings. The lowest BCUT2D eigenvalue weighted by molar-refractivity contribution is 0.191. The van der Waals surface area contributed by atoms with Crippen LogP contribution in [0.25, 0.3) is 0 Å². The molecule has 0 aromatic carbocycles. The van der Waals surface area contributed by atoms with E-state index in [9.17, 15) is 4.79 Å². The van der Waals surface area contributed by atoms with Gasteiger partial charge in [0.05, 0.1) is 0 Å². The summed E-state index contributed by atoms with van der Waals surface area (Å²) in [7, 11) is 1.80. The Morgan fingerprint density at radius 3 is 2.86 bits per heavy atom. The number of amides is 2. The summed E-state index contributed by atoms with van der Waals surface area (Å²) in [5.41, 5.74) is -0.294. The monoisotopic (exact) mass is 195 g/mol. The number of likely N-dealkylation sites (N-methyl/N-ethyl adjacent to an activating group) is 1. The molecule has 4 heteroatoms. The van der Waals surface area contributed by atoms with Crippen molar-refractivity contribution in [1.29, 1.82) is 5.41 Å². The summed E-state index contributed by atoms with van der Waals surface area (Å²) in [4.78, 5) is 13.1. The quantitative estimate of drug-likeness (QED) is 0.655. The predicted molar refractivity (Wildman–Crippen MR) is 54.4 cm³/mol. The number of carbonyl (C=O) groups is 1. The molecule has 4 nitrogen and oxygen atoms in total. The molecule has 2 N–H and O–H groups in total. The third-order valence-electron chi connectivity index (χ3n) is 3.81. The first kappa shape index (κ1) is 9.49. The van der Waals surface area contributed by atoms with E-state index in [1.54, 1.807) is 11.9 Å². The van der Waals surface area contributed by atoms with Crippen molar-refractivity contribution in [3.05, 3.63) is 0 Å². The van der Waals surface area contributed by atoms with E-state index < -0.39 is 0 Å². The Morgan fingerprint density at radius 2 is 2.43 bits per heavy atom. The molecule has 2 aliphatic rings. The van der Waals surface area contributed by atoms with Crippen molar-refractivity contribution in [1.82, 2.24) is 10.2 Å². The highest BCUT2D eigenvalue weighted by atomic mass is 16.2. The van der Waals surface area contributed by atoms with E-state index >= 15 is 0 Å². The minimum absolute atomic E-state index is 0.119. The van der Waals surface area contributed by atoms with Crippen LogP contribution >= 0.6 is 0 Å². The molecule has 0 bridgehead atoms. The van der Waals surface area contributed by atoms with Crippen LogP contribution in [-0.4, -0.2) is 29.4 Å². The second-order valence-electron chi connectivity index (χ2n) is 4.41. The van der Waals surface area contributed by atoms with Crippen molar-refractivity contribution in [2.75, 3.05) is 7.05 Å². The fourth-order valence-corrected chi connectivity index (χ4v) is 2.67. The van der Waals surface area contributed by atoms with Gasteiger partial charge in [-0.1, -0.05) is 13.3 Å². The number of nitrogens with zero attached hydrogens (tertiary/aromatic N) is 1. The van der Waals surface area contributed by atoms with Crippen molar-refractivity contribution >= 4 is 11.9 Å². The number of nitrogens with one attached hydrogen (secondary N) is 2. The number of hydrogen-bond acceptors (Lipinski definition) is 2. The number of urea groups is 1. The average molecular weight is 195 g/mol. The standard InChI is InChI=1S/C10H17N3O/c1-3-7-4-5-10(6-7)8(11)12-9(14)13(10)2/h7H,3-6H2,1-2H3,(H2,11,12,14). The van der Waals surface area contributed by atoms with Crippen LogP contribution in [0, 0.1) is 11.3 Å². The first-order valence-corrected chi connectivity index (χ1v) is 5.24. The van der Waals surface area contributed by atoms with Crippen molar-refractivity contribution in [2.45, 2.75) is 38.1 Å². The van der Waals surface area contributed by atoms with Crippen LogP contribution in [0.2, 0.25) is 0 Å². The topological polar surface area (TPSA) is 56.2 Å². The molecule has 0 radical (unpaired) electrons. The maximum absolute atomic E-state index is 11.4. The van der Waals surface area contributed by atoms with Crippen LogP contribution < -0.4 is 5.32 Å². The third kappa shape index (κ3) is 1.06. The first-order valence-electron chi connectivity index (χ1n) is 5.24. The molecule has 1 saturated carbocycles. The maximum atomic E-state index is 11.4. The van der Waals surface area contributed by atoms with Gasteiger partial charge in [-0.25, -0.2) is 4.79 Å². The van der Waals surface area contributed by atoms with Gasteiger partial charge in [0.1, 0.15) is 11.4 Å². The van der Waals surface area contributed by atoms with Crippen LogP contribution in [-0.2, 0) is 0 Å². The zero-order valence-electron chi connectivity index (χ0n) is 8.76. The van der Waals surface area contributed by atoms with E-state index in [4.69, 9.17) is 5.41 Å². The Balaban J connectivity index is 2.24. The van der Waals surface area contributed by atoms with Gasteiger partial charge >= 0.3 is 6.03 Å². The van der Waals surface area contributed by atoms with Gasteiger partial charge in [0.15, 0.2) is 0 Å². The Kier molecular flexibility index (Phi) is 2.01. The zero-order valence-corrected chi connectivity index (χ0v) is 8.76. The zero-order chi connectivity index (χ0) is 10.3. The van der Waals surface area contributed by atoms with Crippen LogP contribution in [0.1, 0.15) is 32.6 Å². The number of carbonyl (C=O) groups excluding carboxylic acids is 1. The summed E-state index contributed by atoms with van der Waals surface area (Å²) < 4.78 is 0. The first-order chi connectivity index (χ1) is 6.60. The second-order valence-corrected chi connectivity index (χ2v) is 4.41. The van der Waals surface area contributed by atoms with Gasteiger partial charge in [-0.3, -0.25) is 10.7 Å². The average Bonchev–Trinajstić information content (AvgIpc) is 2.68. The molecule has 1 aliphatic carbocycles. The Labute approximate surface area is 84.2 Å². The number of hydrogen-bond donors (Lipinski definition) is 2. The third-order valence-corrected chi connectivity index (χ3v) is 3.81. The highest BCUT2D eigenvalue weighted by Crippen LogP contribution is 2.42. The highest BCUT2D eigenvalue weighted by molar-refractivity contribution is 6.08. The molecule has 0 aromatic heterocycles. The molecule has 2 amide bonds. The second kappa shape index (κ2) is 2.97. The largest absolute Gasteiger partial charge is 0.323 e. The van der Waals surface area contributed by atoms with Crippen LogP contribution in [0.15, 0.2) is 0 Å². The molecule has 1 aliphatic heterocycles. The van der Waals surface area contributed by atoms with Crippen LogP contribution in [0.5, 0.6) is 0 Å². The number of rotatable bonds is 1. The molecule has 1 heterocycles. The summed E-state index contributed by atoms with van der Waals surface area (Å²) in [5.74, 6) is 1.08. The normalized spacial score (nSPS) is 37.0. The lowest BCUT2D eigenvalue weighted by Gasteiger charge is -2.29.